The van der Waals surface area contributed by atoms with Crippen molar-refractivity contribution in [1.29, 1.82) is 0 Å². The van der Waals surface area contributed by atoms with Crippen LogP contribution in [-0.4, -0.2) is 30.6 Å². The van der Waals surface area contributed by atoms with Crippen LogP contribution in [-0.2, 0) is 16.1 Å². The number of Topliss-reactive ketones (excluding diaryl/α,β-unsaturated/α-hetero) is 1. The molecule has 0 aliphatic heterocycles. The van der Waals surface area contributed by atoms with Gasteiger partial charge in [-0.25, -0.2) is 9.59 Å². The zero-order chi connectivity index (χ0) is 19.5. The molecule has 144 valence electrons. The molecular formula is C19H28N2O5. The normalized spacial score (nSPS) is 11.6. The lowest BCUT2D eigenvalue weighted by molar-refractivity contribution is -0.119. The third kappa shape index (κ3) is 8.50. The molecule has 0 bridgehead atoms. The Bertz CT molecular complexity index is 598. The first-order valence-electron chi connectivity index (χ1n) is 8.80. The first-order valence-corrected chi connectivity index (χ1v) is 8.80. The van der Waals surface area contributed by atoms with Crippen LogP contribution in [0, 0.1) is 5.92 Å². The van der Waals surface area contributed by atoms with Crippen molar-refractivity contribution in [3.05, 3.63) is 29.8 Å². The molecule has 1 atom stereocenters. The molecule has 1 rings (SSSR count). The number of ketones is 1. The van der Waals surface area contributed by atoms with Gasteiger partial charge in [-0.05, 0) is 43.4 Å². The van der Waals surface area contributed by atoms with Crippen LogP contribution in [0.15, 0.2) is 24.3 Å². The van der Waals surface area contributed by atoms with Gasteiger partial charge >= 0.3 is 12.2 Å². The minimum absolute atomic E-state index is 0.0560. The maximum absolute atomic E-state index is 11.9. The summed E-state index contributed by atoms with van der Waals surface area (Å²) in [6, 6.07) is 6.11. The second-order valence-corrected chi connectivity index (χ2v) is 6.47. The van der Waals surface area contributed by atoms with E-state index in [2.05, 4.69) is 10.6 Å². The molecule has 2 amide bonds. The molecule has 0 fully saturated rings. The molecule has 0 aliphatic carbocycles. The fraction of sp³-hybridized carbons (Fsp3) is 0.526. The number of rotatable bonds is 9. The fourth-order valence-electron chi connectivity index (χ4n) is 2.15. The quantitative estimate of drug-likeness (QED) is 0.700. The standard InChI is InChI=1S/C19H28N2O5/c1-5-10-20-18(23)26-16-8-6-15(7-9-16)12-25-19(24)21-17(14(4)22)11-13(2)3/h6-9,13,17H,5,10-12H2,1-4H3,(H,20,23)(H,21,24). The maximum Gasteiger partial charge on any atom is 0.412 e. The zero-order valence-electron chi connectivity index (χ0n) is 15.8. The molecule has 1 aromatic rings. The summed E-state index contributed by atoms with van der Waals surface area (Å²) in [4.78, 5) is 34.9. The van der Waals surface area contributed by atoms with Crippen molar-refractivity contribution in [2.75, 3.05) is 6.54 Å². The van der Waals surface area contributed by atoms with Gasteiger partial charge in [0.25, 0.3) is 0 Å². The third-order valence-corrected chi connectivity index (χ3v) is 3.51. The van der Waals surface area contributed by atoms with Gasteiger partial charge in [-0.1, -0.05) is 32.9 Å². The average Bonchev–Trinajstić information content (AvgIpc) is 2.58. The molecule has 0 heterocycles. The summed E-state index contributed by atoms with van der Waals surface area (Å²) in [5, 5.41) is 5.20. The van der Waals surface area contributed by atoms with Crippen LogP contribution in [0.2, 0.25) is 0 Å². The highest BCUT2D eigenvalue weighted by Gasteiger charge is 2.19. The van der Waals surface area contributed by atoms with Gasteiger partial charge < -0.3 is 20.1 Å². The Hall–Kier alpha value is -2.57. The molecule has 0 aliphatic rings. The number of nitrogens with one attached hydrogen (secondary N) is 2. The highest BCUT2D eigenvalue weighted by molar-refractivity contribution is 5.85. The Kier molecular flexibility index (Phi) is 9.19. The van der Waals surface area contributed by atoms with Crippen LogP contribution in [0.25, 0.3) is 0 Å². The van der Waals surface area contributed by atoms with E-state index >= 15 is 0 Å². The molecule has 0 saturated heterocycles. The molecule has 7 nitrogen and oxygen atoms in total. The first kappa shape index (κ1) is 21.5. The van der Waals surface area contributed by atoms with Crippen LogP contribution in [0.1, 0.15) is 46.1 Å². The van der Waals surface area contributed by atoms with Crippen LogP contribution in [0.3, 0.4) is 0 Å². The topological polar surface area (TPSA) is 93.7 Å². The van der Waals surface area contributed by atoms with Gasteiger partial charge in [0.2, 0.25) is 0 Å². The van der Waals surface area contributed by atoms with Crippen LogP contribution < -0.4 is 15.4 Å². The Balaban J connectivity index is 2.45. The predicted molar refractivity (Wildman–Crippen MR) is 98.0 cm³/mol. The summed E-state index contributed by atoms with van der Waals surface area (Å²) < 4.78 is 10.2. The van der Waals surface area contributed by atoms with E-state index in [0.717, 1.165) is 12.0 Å². The average molecular weight is 364 g/mol. The molecule has 1 unspecified atom stereocenters. The van der Waals surface area contributed by atoms with Crippen LogP contribution >= 0.6 is 0 Å². The molecule has 0 saturated carbocycles. The van der Waals surface area contributed by atoms with E-state index in [1.54, 1.807) is 24.3 Å². The van der Waals surface area contributed by atoms with Gasteiger partial charge in [-0.2, -0.15) is 0 Å². The Morgan fingerprint density at radius 3 is 2.27 bits per heavy atom. The number of alkyl carbamates (subject to hydrolysis) is 1. The molecule has 0 aromatic heterocycles. The van der Waals surface area contributed by atoms with E-state index in [-0.39, 0.29) is 18.3 Å². The molecule has 0 spiro atoms. The van der Waals surface area contributed by atoms with Crippen molar-refractivity contribution in [1.82, 2.24) is 10.6 Å². The molecule has 7 heteroatoms. The summed E-state index contributed by atoms with van der Waals surface area (Å²) in [5.74, 6) is 0.588. The summed E-state index contributed by atoms with van der Waals surface area (Å²) in [5.41, 5.74) is 0.740. The number of ether oxygens (including phenoxy) is 2. The van der Waals surface area contributed by atoms with Gasteiger partial charge in [-0.15, -0.1) is 0 Å². The predicted octanol–water partition coefficient (Wildman–Crippen LogP) is 3.41. The number of carbonyl (C=O) groups is 3. The van der Waals surface area contributed by atoms with Crippen molar-refractivity contribution in [2.45, 2.75) is 53.2 Å². The second kappa shape index (κ2) is 11.1. The molecular weight excluding hydrogens is 336 g/mol. The SMILES string of the molecule is CCCNC(=O)Oc1ccc(COC(=O)NC(CC(C)C)C(C)=O)cc1. The van der Waals surface area contributed by atoms with Gasteiger partial charge in [0, 0.05) is 6.54 Å². The van der Waals surface area contributed by atoms with Gasteiger partial charge in [0.1, 0.15) is 12.4 Å². The van der Waals surface area contributed by atoms with Crippen molar-refractivity contribution >= 4 is 18.0 Å². The van der Waals surface area contributed by atoms with Crippen molar-refractivity contribution in [3.63, 3.8) is 0 Å². The number of carbonyl (C=O) groups excluding carboxylic acids is 3. The molecule has 26 heavy (non-hydrogen) atoms. The maximum atomic E-state index is 11.9. The van der Waals surface area contributed by atoms with E-state index in [1.165, 1.54) is 6.92 Å². The number of hydrogen-bond acceptors (Lipinski definition) is 5. The lowest BCUT2D eigenvalue weighted by Gasteiger charge is -2.17. The Labute approximate surface area is 154 Å². The minimum Gasteiger partial charge on any atom is -0.445 e. The minimum atomic E-state index is -0.634. The van der Waals surface area contributed by atoms with Crippen molar-refractivity contribution in [2.24, 2.45) is 5.92 Å². The second-order valence-electron chi connectivity index (χ2n) is 6.47. The summed E-state index contributed by atoms with van der Waals surface area (Å²) in [7, 11) is 0. The number of hydrogen-bond donors (Lipinski definition) is 2. The monoisotopic (exact) mass is 364 g/mol. The molecule has 1 aromatic carbocycles. The molecule has 0 radical (unpaired) electrons. The Morgan fingerprint density at radius 1 is 1.08 bits per heavy atom. The summed E-state index contributed by atoms with van der Waals surface area (Å²) in [6.07, 6.45) is 0.256. The van der Waals surface area contributed by atoms with Crippen molar-refractivity contribution < 1.29 is 23.9 Å². The molecule has 2 N–H and O–H groups in total. The largest absolute Gasteiger partial charge is 0.445 e. The lowest BCUT2D eigenvalue weighted by atomic mass is 10.0. The number of amides is 2. The highest BCUT2D eigenvalue weighted by atomic mass is 16.6. The lowest BCUT2D eigenvalue weighted by Crippen LogP contribution is -2.40. The van der Waals surface area contributed by atoms with E-state index in [0.29, 0.717) is 18.7 Å². The summed E-state index contributed by atoms with van der Waals surface area (Å²) >= 11 is 0. The third-order valence-electron chi connectivity index (χ3n) is 3.51. The first-order chi connectivity index (χ1) is 12.3. The van der Waals surface area contributed by atoms with Crippen LogP contribution in [0.4, 0.5) is 9.59 Å². The van der Waals surface area contributed by atoms with Gasteiger partial charge in [0.05, 0.1) is 6.04 Å². The van der Waals surface area contributed by atoms with E-state index in [1.807, 2.05) is 20.8 Å². The van der Waals surface area contributed by atoms with Gasteiger partial charge in [0.15, 0.2) is 5.78 Å². The highest BCUT2D eigenvalue weighted by Crippen LogP contribution is 2.13. The van der Waals surface area contributed by atoms with E-state index in [4.69, 9.17) is 9.47 Å². The van der Waals surface area contributed by atoms with Gasteiger partial charge in [-0.3, -0.25) is 4.79 Å². The number of benzene rings is 1. The Morgan fingerprint density at radius 2 is 1.73 bits per heavy atom. The smallest absolute Gasteiger partial charge is 0.412 e. The van der Waals surface area contributed by atoms with Crippen molar-refractivity contribution in [3.8, 4) is 5.75 Å². The van der Waals surface area contributed by atoms with Crippen LogP contribution in [0.5, 0.6) is 5.75 Å². The fourth-order valence-corrected chi connectivity index (χ4v) is 2.15. The zero-order valence-corrected chi connectivity index (χ0v) is 15.8. The summed E-state index contributed by atoms with van der Waals surface area (Å²) in [6.45, 7) is 7.97. The van der Waals surface area contributed by atoms with E-state index < -0.39 is 18.2 Å². The van der Waals surface area contributed by atoms with E-state index in [9.17, 15) is 14.4 Å².